The number of nitrogens with zero attached hydrogens (tertiary/aromatic N) is 2. The van der Waals surface area contributed by atoms with Crippen molar-refractivity contribution < 1.29 is 0 Å². The zero-order valence-electron chi connectivity index (χ0n) is 12.8. The molecule has 1 atom stereocenters. The van der Waals surface area contributed by atoms with Gasteiger partial charge in [0, 0.05) is 24.5 Å². The van der Waals surface area contributed by atoms with Gasteiger partial charge in [-0.2, -0.15) is 5.26 Å². The first-order valence-corrected chi connectivity index (χ1v) is 7.23. The van der Waals surface area contributed by atoms with Crippen molar-refractivity contribution in [3.8, 4) is 6.07 Å². The lowest BCUT2D eigenvalue weighted by Gasteiger charge is -2.21. The molecular formula is C18H21N3. The molecule has 21 heavy (non-hydrogen) atoms. The third kappa shape index (κ3) is 3.62. The van der Waals surface area contributed by atoms with Crippen molar-refractivity contribution in [1.29, 1.82) is 5.26 Å². The van der Waals surface area contributed by atoms with E-state index in [1.807, 2.05) is 31.3 Å². The van der Waals surface area contributed by atoms with Crippen molar-refractivity contribution in [2.45, 2.75) is 19.9 Å². The molecule has 2 aromatic carbocycles. The minimum Gasteiger partial charge on any atom is -0.345 e. The third-order valence-electron chi connectivity index (χ3n) is 3.67. The maximum absolute atomic E-state index is 8.84. The Morgan fingerprint density at radius 3 is 2.05 bits per heavy atom. The largest absolute Gasteiger partial charge is 0.345 e. The number of benzene rings is 2. The predicted molar refractivity (Wildman–Crippen MR) is 87.8 cm³/mol. The highest BCUT2D eigenvalue weighted by atomic mass is 15.1. The summed E-state index contributed by atoms with van der Waals surface area (Å²) in [6.45, 7) is 5.25. The quantitative estimate of drug-likeness (QED) is 0.899. The molecule has 3 heteroatoms. The third-order valence-corrected chi connectivity index (χ3v) is 3.67. The summed E-state index contributed by atoms with van der Waals surface area (Å²) in [5.41, 5.74) is 4.17. The first-order chi connectivity index (χ1) is 10.2. The van der Waals surface area contributed by atoms with Gasteiger partial charge in [-0.05, 0) is 55.4 Å². The van der Waals surface area contributed by atoms with E-state index >= 15 is 0 Å². The zero-order valence-corrected chi connectivity index (χ0v) is 12.8. The summed E-state index contributed by atoms with van der Waals surface area (Å²) in [7, 11) is 2.03. The second-order valence-corrected chi connectivity index (χ2v) is 5.09. The van der Waals surface area contributed by atoms with E-state index in [1.165, 1.54) is 5.56 Å². The highest BCUT2D eigenvalue weighted by Crippen LogP contribution is 2.25. The zero-order chi connectivity index (χ0) is 15.2. The Bertz CT molecular complexity index is 608. The molecular weight excluding hydrogens is 258 g/mol. The van der Waals surface area contributed by atoms with E-state index in [9.17, 15) is 0 Å². The van der Waals surface area contributed by atoms with Crippen LogP contribution >= 0.6 is 0 Å². The standard InChI is InChI=1S/C18H21N3/c1-4-20-14(2)16-7-11-18(12-8-16)21(3)17-9-5-15(13-19)6-10-17/h5-12,14,20H,4H2,1-3H3. The fourth-order valence-corrected chi connectivity index (χ4v) is 2.32. The second-order valence-electron chi connectivity index (χ2n) is 5.09. The summed E-state index contributed by atoms with van der Waals surface area (Å²) in [6, 6.07) is 18.7. The van der Waals surface area contributed by atoms with Gasteiger partial charge in [0.15, 0.2) is 0 Å². The summed E-state index contributed by atoms with van der Waals surface area (Å²) in [4.78, 5) is 2.11. The van der Waals surface area contributed by atoms with Crippen LogP contribution in [0.25, 0.3) is 0 Å². The van der Waals surface area contributed by atoms with Crippen molar-refractivity contribution in [1.82, 2.24) is 5.32 Å². The van der Waals surface area contributed by atoms with Crippen LogP contribution in [-0.2, 0) is 0 Å². The topological polar surface area (TPSA) is 39.1 Å². The summed E-state index contributed by atoms with van der Waals surface area (Å²) >= 11 is 0. The van der Waals surface area contributed by atoms with Gasteiger partial charge in [0.05, 0.1) is 11.6 Å². The van der Waals surface area contributed by atoms with Crippen LogP contribution in [0.4, 0.5) is 11.4 Å². The smallest absolute Gasteiger partial charge is 0.0991 e. The van der Waals surface area contributed by atoms with Crippen molar-refractivity contribution >= 4 is 11.4 Å². The fourth-order valence-electron chi connectivity index (χ4n) is 2.32. The normalized spacial score (nSPS) is 11.7. The SMILES string of the molecule is CCNC(C)c1ccc(N(C)c2ccc(C#N)cc2)cc1. The maximum atomic E-state index is 8.84. The highest BCUT2D eigenvalue weighted by molar-refractivity contribution is 5.63. The minimum atomic E-state index is 0.365. The Balaban J connectivity index is 2.15. The van der Waals surface area contributed by atoms with Crippen LogP contribution in [0, 0.1) is 11.3 Å². The Morgan fingerprint density at radius 1 is 1.05 bits per heavy atom. The molecule has 0 saturated heterocycles. The van der Waals surface area contributed by atoms with Crippen LogP contribution in [0.5, 0.6) is 0 Å². The van der Waals surface area contributed by atoms with Gasteiger partial charge in [0.2, 0.25) is 0 Å². The number of nitrogens with one attached hydrogen (secondary N) is 1. The van der Waals surface area contributed by atoms with E-state index in [4.69, 9.17) is 5.26 Å². The first-order valence-electron chi connectivity index (χ1n) is 7.23. The van der Waals surface area contributed by atoms with Gasteiger partial charge in [0.1, 0.15) is 0 Å². The van der Waals surface area contributed by atoms with Gasteiger partial charge in [-0.15, -0.1) is 0 Å². The van der Waals surface area contributed by atoms with E-state index in [1.54, 1.807) is 0 Å². The van der Waals surface area contributed by atoms with Gasteiger partial charge < -0.3 is 10.2 Å². The number of hydrogen-bond acceptors (Lipinski definition) is 3. The molecule has 1 unspecified atom stereocenters. The number of anilines is 2. The average molecular weight is 279 g/mol. The molecule has 0 heterocycles. The van der Waals surface area contributed by atoms with Crippen LogP contribution in [0.1, 0.15) is 31.0 Å². The lowest BCUT2D eigenvalue weighted by molar-refractivity contribution is 0.598. The van der Waals surface area contributed by atoms with Crippen LogP contribution in [-0.4, -0.2) is 13.6 Å². The monoisotopic (exact) mass is 279 g/mol. The highest BCUT2D eigenvalue weighted by Gasteiger charge is 2.06. The molecule has 0 spiro atoms. The molecule has 2 rings (SSSR count). The van der Waals surface area contributed by atoms with Crippen LogP contribution < -0.4 is 10.2 Å². The van der Waals surface area contributed by atoms with Crippen molar-refractivity contribution in [2.75, 3.05) is 18.5 Å². The van der Waals surface area contributed by atoms with E-state index in [0.29, 0.717) is 11.6 Å². The second kappa shape index (κ2) is 6.92. The first kappa shape index (κ1) is 15.1. The molecule has 0 bridgehead atoms. The van der Waals surface area contributed by atoms with Crippen molar-refractivity contribution in [2.24, 2.45) is 0 Å². The van der Waals surface area contributed by atoms with E-state index in [-0.39, 0.29) is 0 Å². The van der Waals surface area contributed by atoms with Crippen molar-refractivity contribution in [3.63, 3.8) is 0 Å². The molecule has 108 valence electrons. The van der Waals surface area contributed by atoms with Crippen LogP contribution in [0.15, 0.2) is 48.5 Å². The Hall–Kier alpha value is -2.31. The molecule has 0 aliphatic rings. The average Bonchev–Trinajstić information content (AvgIpc) is 2.54. The van der Waals surface area contributed by atoms with Gasteiger partial charge >= 0.3 is 0 Å². The summed E-state index contributed by atoms with van der Waals surface area (Å²) < 4.78 is 0. The molecule has 3 nitrogen and oxygen atoms in total. The molecule has 0 fully saturated rings. The molecule has 0 aliphatic heterocycles. The van der Waals surface area contributed by atoms with Crippen molar-refractivity contribution in [3.05, 3.63) is 59.7 Å². The Labute approximate surface area is 126 Å². The number of nitriles is 1. The van der Waals surface area contributed by atoms with E-state index in [0.717, 1.165) is 17.9 Å². The molecule has 0 saturated carbocycles. The lowest BCUT2D eigenvalue weighted by Crippen LogP contribution is -2.17. The molecule has 0 aromatic heterocycles. The van der Waals surface area contributed by atoms with E-state index in [2.05, 4.69) is 54.4 Å². The molecule has 0 radical (unpaired) electrons. The molecule has 2 aromatic rings. The molecule has 1 N–H and O–H groups in total. The van der Waals surface area contributed by atoms with E-state index < -0.39 is 0 Å². The minimum absolute atomic E-state index is 0.365. The summed E-state index contributed by atoms with van der Waals surface area (Å²) in [6.07, 6.45) is 0. The summed E-state index contributed by atoms with van der Waals surface area (Å²) in [5, 5.41) is 12.3. The number of rotatable bonds is 5. The maximum Gasteiger partial charge on any atom is 0.0991 e. The lowest BCUT2D eigenvalue weighted by atomic mass is 10.1. The van der Waals surface area contributed by atoms with Gasteiger partial charge in [0.25, 0.3) is 0 Å². The van der Waals surface area contributed by atoms with Crippen LogP contribution in [0.3, 0.4) is 0 Å². The predicted octanol–water partition coefficient (Wildman–Crippen LogP) is 4.00. The Kier molecular flexibility index (Phi) is 4.97. The fraction of sp³-hybridized carbons (Fsp3) is 0.278. The number of hydrogen-bond donors (Lipinski definition) is 1. The van der Waals surface area contributed by atoms with Gasteiger partial charge in [-0.3, -0.25) is 0 Å². The molecule has 0 aliphatic carbocycles. The molecule has 0 amide bonds. The van der Waals surface area contributed by atoms with Crippen LogP contribution in [0.2, 0.25) is 0 Å². The summed E-state index contributed by atoms with van der Waals surface area (Å²) in [5.74, 6) is 0. The van der Waals surface area contributed by atoms with Gasteiger partial charge in [-0.1, -0.05) is 19.1 Å². The van der Waals surface area contributed by atoms with Gasteiger partial charge in [-0.25, -0.2) is 0 Å². The Morgan fingerprint density at radius 2 is 1.57 bits per heavy atom.